The van der Waals surface area contributed by atoms with Crippen LogP contribution in [0.5, 0.6) is 0 Å². The molecule has 16 heavy (non-hydrogen) atoms. The lowest BCUT2D eigenvalue weighted by Gasteiger charge is -2.19. The lowest BCUT2D eigenvalue weighted by Crippen LogP contribution is -2.16. The molecule has 0 aromatic carbocycles. The average molecular weight is 240 g/mol. The summed E-state index contributed by atoms with van der Waals surface area (Å²) < 4.78 is 5.37. The van der Waals surface area contributed by atoms with Crippen LogP contribution in [0.2, 0.25) is 0 Å². The van der Waals surface area contributed by atoms with E-state index >= 15 is 0 Å². The van der Waals surface area contributed by atoms with Crippen molar-refractivity contribution in [3.63, 3.8) is 0 Å². The van der Waals surface area contributed by atoms with Crippen molar-refractivity contribution in [3.8, 4) is 0 Å². The second kappa shape index (κ2) is 5.75. The Hall–Kier alpha value is -0.450. The summed E-state index contributed by atoms with van der Waals surface area (Å²) >= 11 is 1.80. The van der Waals surface area contributed by atoms with Crippen LogP contribution in [0.1, 0.15) is 42.8 Å². The topological polar surface area (TPSA) is 48.1 Å². The fraction of sp³-hybridized carbons (Fsp3) is 0.750. The highest BCUT2D eigenvalue weighted by molar-refractivity contribution is 7.09. The van der Waals surface area contributed by atoms with Crippen LogP contribution in [0.3, 0.4) is 0 Å². The van der Waals surface area contributed by atoms with Crippen molar-refractivity contribution in [2.75, 3.05) is 13.2 Å². The first-order valence-electron chi connectivity index (χ1n) is 6.03. The largest absolute Gasteiger partial charge is 0.381 e. The monoisotopic (exact) mass is 240 g/mol. The molecule has 2 heterocycles. The van der Waals surface area contributed by atoms with E-state index in [-0.39, 0.29) is 6.04 Å². The van der Waals surface area contributed by atoms with Gasteiger partial charge in [-0.15, -0.1) is 11.3 Å². The Morgan fingerprint density at radius 3 is 3.00 bits per heavy atom. The quantitative estimate of drug-likeness (QED) is 0.878. The van der Waals surface area contributed by atoms with Crippen molar-refractivity contribution >= 4 is 11.3 Å². The number of rotatable bonds is 4. The molecule has 1 aliphatic rings. The molecule has 1 atom stereocenters. The minimum atomic E-state index is 0.272. The second-order valence-corrected chi connectivity index (χ2v) is 5.47. The normalized spacial score (nSPS) is 19.9. The summed E-state index contributed by atoms with van der Waals surface area (Å²) in [5.74, 6) is 0.628. The molecule has 3 nitrogen and oxygen atoms in total. The average Bonchev–Trinajstić information content (AvgIpc) is 2.76. The van der Waals surface area contributed by atoms with Gasteiger partial charge < -0.3 is 10.5 Å². The Balaban J connectivity index is 1.90. The van der Waals surface area contributed by atoms with Gasteiger partial charge >= 0.3 is 0 Å². The SMILES string of the molecule is CC(N)CCc1csc(C2CCOCC2)n1. The molecule has 1 unspecified atom stereocenters. The van der Waals surface area contributed by atoms with Gasteiger partial charge in [-0.3, -0.25) is 0 Å². The van der Waals surface area contributed by atoms with Crippen LogP contribution >= 0.6 is 11.3 Å². The predicted molar refractivity (Wildman–Crippen MR) is 66.9 cm³/mol. The Morgan fingerprint density at radius 1 is 1.56 bits per heavy atom. The molecule has 1 aromatic heterocycles. The van der Waals surface area contributed by atoms with E-state index in [1.807, 2.05) is 6.92 Å². The summed E-state index contributed by atoms with van der Waals surface area (Å²) in [6.07, 6.45) is 4.29. The molecule has 1 aliphatic heterocycles. The van der Waals surface area contributed by atoms with Gasteiger partial charge in [0.15, 0.2) is 0 Å². The highest BCUT2D eigenvalue weighted by atomic mass is 32.1. The van der Waals surface area contributed by atoms with E-state index in [2.05, 4.69) is 5.38 Å². The van der Waals surface area contributed by atoms with E-state index in [9.17, 15) is 0 Å². The van der Waals surface area contributed by atoms with E-state index in [4.69, 9.17) is 15.5 Å². The third kappa shape index (κ3) is 3.27. The van der Waals surface area contributed by atoms with Crippen LogP contribution in [0.15, 0.2) is 5.38 Å². The van der Waals surface area contributed by atoms with Crippen LogP contribution in [-0.2, 0) is 11.2 Å². The van der Waals surface area contributed by atoms with Gasteiger partial charge in [0.25, 0.3) is 0 Å². The molecule has 4 heteroatoms. The zero-order valence-corrected chi connectivity index (χ0v) is 10.6. The number of hydrogen-bond donors (Lipinski definition) is 1. The number of thiazole rings is 1. The second-order valence-electron chi connectivity index (χ2n) is 4.58. The molecule has 1 fully saturated rings. The van der Waals surface area contributed by atoms with Crippen molar-refractivity contribution in [3.05, 3.63) is 16.1 Å². The summed E-state index contributed by atoms with van der Waals surface area (Å²) in [4.78, 5) is 4.71. The smallest absolute Gasteiger partial charge is 0.0960 e. The molecule has 0 spiro atoms. The Bertz CT molecular complexity index is 319. The molecule has 0 amide bonds. The summed E-state index contributed by atoms with van der Waals surface area (Å²) in [5, 5.41) is 3.48. The van der Waals surface area contributed by atoms with Gasteiger partial charge in [-0.05, 0) is 32.6 Å². The summed E-state index contributed by atoms with van der Waals surface area (Å²) in [7, 11) is 0. The zero-order valence-electron chi connectivity index (χ0n) is 9.82. The first-order valence-corrected chi connectivity index (χ1v) is 6.91. The predicted octanol–water partition coefficient (Wildman–Crippen LogP) is 2.32. The molecule has 2 rings (SSSR count). The van der Waals surface area contributed by atoms with E-state index < -0.39 is 0 Å². The molecule has 1 saturated heterocycles. The molecule has 0 radical (unpaired) electrons. The van der Waals surface area contributed by atoms with E-state index in [0.717, 1.165) is 38.9 Å². The number of hydrogen-bond acceptors (Lipinski definition) is 4. The number of aromatic nitrogens is 1. The van der Waals surface area contributed by atoms with Gasteiger partial charge in [0.05, 0.1) is 10.7 Å². The fourth-order valence-electron chi connectivity index (χ4n) is 1.95. The van der Waals surface area contributed by atoms with Crippen molar-refractivity contribution in [2.24, 2.45) is 5.73 Å². The lowest BCUT2D eigenvalue weighted by atomic mass is 10.0. The van der Waals surface area contributed by atoms with E-state index in [0.29, 0.717) is 5.92 Å². The molecule has 1 aromatic rings. The third-order valence-corrected chi connectivity index (χ3v) is 4.05. The first kappa shape index (κ1) is 12.0. The molecular weight excluding hydrogens is 220 g/mol. The Labute approximate surface area is 101 Å². The van der Waals surface area contributed by atoms with Gasteiger partial charge in [0.2, 0.25) is 0 Å². The number of nitrogens with two attached hydrogens (primary N) is 1. The minimum Gasteiger partial charge on any atom is -0.381 e. The highest BCUT2D eigenvalue weighted by Gasteiger charge is 2.18. The van der Waals surface area contributed by atoms with Crippen LogP contribution in [-0.4, -0.2) is 24.2 Å². The molecule has 2 N–H and O–H groups in total. The van der Waals surface area contributed by atoms with Crippen LogP contribution in [0.25, 0.3) is 0 Å². The van der Waals surface area contributed by atoms with Crippen LogP contribution in [0.4, 0.5) is 0 Å². The molecular formula is C12H20N2OS. The van der Waals surface area contributed by atoms with Crippen molar-refractivity contribution in [1.29, 1.82) is 0 Å². The number of aryl methyl sites for hydroxylation is 1. The zero-order chi connectivity index (χ0) is 11.4. The molecule has 90 valence electrons. The maximum absolute atomic E-state index is 5.75. The van der Waals surface area contributed by atoms with Crippen LogP contribution < -0.4 is 5.73 Å². The standard InChI is InChI=1S/C12H20N2OS/c1-9(13)2-3-11-8-16-12(14-11)10-4-6-15-7-5-10/h8-10H,2-7,13H2,1H3. The van der Waals surface area contributed by atoms with Gasteiger partial charge in [-0.25, -0.2) is 4.98 Å². The Kier molecular flexibility index (Phi) is 4.32. The van der Waals surface area contributed by atoms with Gasteiger partial charge in [-0.2, -0.15) is 0 Å². The third-order valence-electron chi connectivity index (χ3n) is 3.00. The fourth-order valence-corrected chi connectivity index (χ4v) is 2.97. The van der Waals surface area contributed by atoms with Gasteiger partial charge in [0.1, 0.15) is 0 Å². The molecule has 0 bridgehead atoms. The summed E-state index contributed by atoms with van der Waals surface area (Å²) in [5.41, 5.74) is 6.96. The Morgan fingerprint density at radius 2 is 2.31 bits per heavy atom. The molecule has 0 aliphatic carbocycles. The first-order chi connectivity index (χ1) is 7.75. The summed E-state index contributed by atoms with van der Waals surface area (Å²) in [6.45, 7) is 3.82. The van der Waals surface area contributed by atoms with E-state index in [1.54, 1.807) is 11.3 Å². The maximum Gasteiger partial charge on any atom is 0.0960 e. The number of nitrogens with zero attached hydrogens (tertiary/aromatic N) is 1. The van der Waals surface area contributed by atoms with Crippen molar-refractivity contribution < 1.29 is 4.74 Å². The van der Waals surface area contributed by atoms with Crippen LogP contribution in [0, 0.1) is 0 Å². The highest BCUT2D eigenvalue weighted by Crippen LogP contribution is 2.29. The minimum absolute atomic E-state index is 0.272. The molecule has 0 saturated carbocycles. The maximum atomic E-state index is 5.75. The summed E-state index contributed by atoms with van der Waals surface area (Å²) in [6, 6.07) is 0.272. The van der Waals surface area contributed by atoms with E-state index in [1.165, 1.54) is 10.7 Å². The lowest BCUT2D eigenvalue weighted by molar-refractivity contribution is 0.0852. The van der Waals surface area contributed by atoms with Gasteiger partial charge in [-0.1, -0.05) is 0 Å². The van der Waals surface area contributed by atoms with Gasteiger partial charge in [0, 0.05) is 30.6 Å². The number of ether oxygens (including phenoxy) is 1. The van der Waals surface area contributed by atoms with Crippen molar-refractivity contribution in [2.45, 2.75) is 44.6 Å². The van der Waals surface area contributed by atoms with Crippen molar-refractivity contribution in [1.82, 2.24) is 4.98 Å².